The van der Waals surface area contributed by atoms with Crippen molar-refractivity contribution in [2.24, 2.45) is 16.1 Å². The van der Waals surface area contributed by atoms with Crippen molar-refractivity contribution in [1.29, 1.82) is 0 Å². The maximum atomic E-state index is 12.9. The van der Waals surface area contributed by atoms with Gasteiger partial charge in [0.25, 0.3) is 5.91 Å². The molecule has 0 spiro atoms. The van der Waals surface area contributed by atoms with Crippen LogP contribution >= 0.6 is 0 Å². The van der Waals surface area contributed by atoms with Crippen LogP contribution in [-0.2, 0) is 26.0 Å². The Kier molecular flexibility index (Phi) is 8.34. The molecule has 0 saturated carbocycles. The van der Waals surface area contributed by atoms with Crippen molar-refractivity contribution in [2.75, 3.05) is 6.61 Å². The predicted octanol–water partition coefficient (Wildman–Crippen LogP) is 2.20. The Morgan fingerprint density at radius 1 is 1.06 bits per heavy atom. The van der Waals surface area contributed by atoms with E-state index in [1.54, 1.807) is 55.5 Å². The first kappa shape index (κ1) is 25.6. The fourth-order valence-corrected chi connectivity index (χ4v) is 4.31. The summed E-state index contributed by atoms with van der Waals surface area (Å²) in [6.07, 6.45) is 1.69. The third-order valence-corrected chi connectivity index (χ3v) is 6.11. The topological polar surface area (TPSA) is 154 Å². The number of nitrogens with two attached hydrogens (primary N) is 2. The van der Waals surface area contributed by atoms with Crippen LogP contribution in [0.5, 0.6) is 0 Å². The van der Waals surface area contributed by atoms with Crippen molar-refractivity contribution >= 4 is 28.1 Å². The van der Waals surface area contributed by atoms with E-state index in [9.17, 15) is 18.0 Å². The number of primary sulfonamides is 1. The summed E-state index contributed by atoms with van der Waals surface area (Å²) in [7, 11) is -3.92. The molecule has 1 atom stereocenters. The van der Waals surface area contributed by atoms with Crippen molar-refractivity contribution in [3.63, 3.8) is 0 Å². The number of rotatable bonds is 9. The summed E-state index contributed by atoms with van der Waals surface area (Å²) in [6, 6.07) is 19.0. The smallest absolute Gasteiger partial charge is 0.328 e. The fourth-order valence-electron chi connectivity index (χ4n) is 3.55. The van der Waals surface area contributed by atoms with Gasteiger partial charge in [0.05, 0.1) is 17.7 Å². The number of amides is 1. The average molecular weight is 495 g/mol. The van der Waals surface area contributed by atoms with Gasteiger partial charge < -0.3 is 15.9 Å². The van der Waals surface area contributed by atoms with Crippen LogP contribution in [0.3, 0.4) is 0 Å². The zero-order chi connectivity index (χ0) is 25.4. The fraction of sp³-hybridized carbons (Fsp3) is 0.160. The molecule has 0 fully saturated rings. The normalized spacial score (nSPS) is 12.3. The van der Waals surface area contributed by atoms with Crippen LogP contribution in [0.15, 0.2) is 82.8 Å². The molecule has 182 valence electrons. The number of hydrazone groups is 1. The van der Waals surface area contributed by atoms with E-state index in [2.05, 4.69) is 10.4 Å². The van der Waals surface area contributed by atoms with Crippen molar-refractivity contribution in [1.82, 2.24) is 5.32 Å². The van der Waals surface area contributed by atoms with Crippen molar-refractivity contribution in [3.8, 4) is 11.1 Å². The van der Waals surface area contributed by atoms with E-state index in [0.29, 0.717) is 16.7 Å². The highest BCUT2D eigenvalue weighted by Crippen LogP contribution is 2.26. The van der Waals surface area contributed by atoms with Gasteiger partial charge in [-0.05, 0) is 41.8 Å². The number of ether oxygens (including phenoxy) is 1. The molecule has 5 N–H and O–H groups in total. The molecule has 0 aliphatic rings. The van der Waals surface area contributed by atoms with Gasteiger partial charge >= 0.3 is 5.97 Å². The molecular weight excluding hydrogens is 468 g/mol. The van der Waals surface area contributed by atoms with E-state index >= 15 is 0 Å². The minimum atomic E-state index is -3.92. The highest BCUT2D eigenvalue weighted by Gasteiger charge is 2.23. The van der Waals surface area contributed by atoms with Gasteiger partial charge in [-0.25, -0.2) is 18.4 Å². The SMILES string of the molecule is CCOC(=O)[C@H](Cc1cccc(C=NN)c1)NC(=O)c1ccc(-c2ccccc2S(N)(=O)=O)cc1. The number of hydrogen-bond acceptors (Lipinski definition) is 7. The summed E-state index contributed by atoms with van der Waals surface area (Å²) in [6.45, 7) is 1.86. The Morgan fingerprint density at radius 3 is 2.43 bits per heavy atom. The molecule has 35 heavy (non-hydrogen) atoms. The van der Waals surface area contributed by atoms with Gasteiger partial charge in [-0.1, -0.05) is 54.6 Å². The zero-order valence-electron chi connectivity index (χ0n) is 19.0. The lowest BCUT2D eigenvalue weighted by Gasteiger charge is -2.18. The van der Waals surface area contributed by atoms with Gasteiger partial charge in [-0.3, -0.25) is 4.79 Å². The van der Waals surface area contributed by atoms with E-state index in [-0.39, 0.29) is 17.9 Å². The third kappa shape index (κ3) is 6.75. The van der Waals surface area contributed by atoms with E-state index in [1.165, 1.54) is 12.3 Å². The quantitative estimate of drug-likeness (QED) is 0.179. The molecule has 0 saturated heterocycles. The maximum absolute atomic E-state index is 12.9. The lowest BCUT2D eigenvalue weighted by atomic mass is 10.0. The number of benzene rings is 3. The monoisotopic (exact) mass is 494 g/mol. The molecule has 1 amide bonds. The predicted molar refractivity (Wildman–Crippen MR) is 133 cm³/mol. The van der Waals surface area contributed by atoms with Gasteiger partial charge in [0.2, 0.25) is 10.0 Å². The summed E-state index contributed by atoms with van der Waals surface area (Å²) in [4.78, 5) is 25.5. The van der Waals surface area contributed by atoms with Gasteiger partial charge in [-0.15, -0.1) is 0 Å². The van der Waals surface area contributed by atoms with Crippen LogP contribution in [0.2, 0.25) is 0 Å². The standard InChI is InChI=1S/C25H26N4O5S/c1-2-34-25(31)22(15-17-6-5-7-18(14-17)16-28-26)29-24(30)20-12-10-19(11-13-20)21-8-3-4-9-23(21)35(27,32)33/h3-14,16,22H,2,15,26H2,1H3,(H,29,30)(H2,27,32,33)/t22-/m0/s1. The second kappa shape index (κ2) is 11.4. The molecule has 0 aliphatic heterocycles. The van der Waals surface area contributed by atoms with E-state index < -0.39 is 27.9 Å². The van der Waals surface area contributed by atoms with E-state index in [1.807, 2.05) is 18.2 Å². The Balaban J connectivity index is 1.82. The lowest BCUT2D eigenvalue weighted by Crippen LogP contribution is -2.43. The Labute approximate surface area is 203 Å². The molecule has 0 heterocycles. The number of carbonyl (C=O) groups excluding carboxylic acids is 2. The van der Waals surface area contributed by atoms with Crippen LogP contribution in [0.1, 0.15) is 28.4 Å². The molecule has 3 rings (SSSR count). The number of carbonyl (C=O) groups is 2. The molecule has 10 heteroatoms. The first-order chi connectivity index (χ1) is 16.7. The number of hydrogen-bond donors (Lipinski definition) is 3. The molecule has 9 nitrogen and oxygen atoms in total. The summed E-state index contributed by atoms with van der Waals surface area (Å²) in [5.74, 6) is 4.17. The molecule has 0 unspecified atom stereocenters. The first-order valence-corrected chi connectivity index (χ1v) is 12.3. The first-order valence-electron chi connectivity index (χ1n) is 10.7. The third-order valence-electron chi connectivity index (χ3n) is 5.14. The highest BCUT2D eigenvalue weighted by molar-refractivity contribution is 7.89. The molecule has 3 aromatic rings. The second-order valence-corrected chi connectivity index (χ2v) is 9.15. The minimum absolute atomic E-state index is 0.0125. The van der Waals surface area contributed by atoms with Crippen LogP contribution in [0.4, 0.5) is 0 Å². The molecular formula is C25H26N4O5S. The molecule has 0 aliphatic carbocycles. The van der Waals surface area contributed by atoms with E-state index in [0.717, 1.165) is 11.1 Å². The van der Waals surface area contributed by atoms with Crippen molar-refractivity contribution in [3.05, 3.63) is 89.5 Å². The summed E-state index contributed by atoms with van der Waals surface area (Å²) in [5.41, 5.74) is 2.84. The second-order valence-electron chi connectivity index (χ2n) is 7.62. The maximum Gasteiger partial charge on any atom is 0.328 e. The van der Waals surface area contributed by atoms with Gasteiger partial charge in [0.15, 0.2) is 0 Å². The number of esters is 1. The summed E-state index contributed by atoms with van der Waals surface area (Å²) >= 11 is 0. The molecule has 0 aromatic heterocycles. The van der Waals surface area contributed by atoms with Crippen LogP contribution < -0.4 is 16.3 Å². The zero-order valence-corrected chi connectivity index (χ0v) is 19.9. The lowest BCUT2D eigenvalue weighted by molar-refractivity contribution is -0.145. The van der Waals surface area contributed by atoms with Crippen LogP contribution in [-0.4, -0.2) is 39.2 Å². The summed E-state index contributed by atoms with van der Waals surface area (Å²) in [5, 5.41) is 11.5. The van der Waals surface area contributed by atoms with Gasteiger partial charge in [0, 0.05) is 17.5 Å². The van der Waals surface area contributed by atoms with Crippen LogP contribution in [0, 0.1) is 0 Å². The molecule has 0 radical (unpaired) electrons. The number of nitrogens with one attached hydrogen (secondary N) is 1. The Bertz CT molecular complexity index is 1340. The number of nitrogens with zero attached hydrogens (tertiary/aromatic N) is 1. The largest absolute Gasteiger partial charge is 0.464 e. The minimum Gasteiger partial charge on any atom is -0.464 e. The highest BCUT2D eigenvalue weighted by atomic mass is 32.2. The Hall–Kier alpha value is -4.02. The van der Waals surface area contributed by atoms with Crippen LogP contribution in [0.25, 0.3) is 11.1 Å². The van der Waals surface area contributed by atoms with Gasteiger partial charge in [0.1, 0.15) is 6.04 Å². The molecule has 3 aromatic carbocycles. The average Bonchev–Trinajstić information content (AvgIpc) is 2.84. The Morgan fingerprint density at radius 2 is 1.77 bits per heavy atom. The van der Waals surface area contributed by atoms with Crippen molar-refractivity contribution < 1.29 is 22.7 Å². The van der Waals surface area contributed by atoms with E-state index in [4.69, 9.17) is 15.7 Å². The molecule has 0 bridgehead atoms. The summed E-state index contributed by atoms with van der Waals surface area (Å²) < 4.78 is 29.0. The number of sulfonamides is 1. The van der Waals surface area contributed by atoms with Crippen molar-refractivity contribution in [2.45, 2.75) is 24.3 Å². The van der Waals surface area contributed by atoms with Gasteiger partial charge in [-0.2, -0.15) is 5.10 Å².